The summed E-state index contributed by atoms with van der Waals surface area (Å²) < 4.78 is 5.63. The van der Waals surface area contributed by atoms with Crippen LogP contribution < -0.4 is 5.32 Å². The van der Waals surface area contributed by atoms with Gasteiger partial charge in [0, 0.05) is 17.5 Å². The molecule has 0 amide bonds. The molecule has 3 rings (SSSR count). The molecule has 0 radical (unpaired) electrons. The maximum Gasteiger partial charge on any atom is 0.201 e. The highest BCUT2D eigenvalue weighted by atomic mass is 16.3. The van der Waals surface area contributed by atoms with Gasteiger partial charge < -0.3 is 9.73 Å². The van der Waals surface area contributed by atoms with Gasteiger partial charge in [0.1, 0.15) is 5.58 Å². The largest absolute Gasteiger partial charge is 0.440 e. The van der Waals surface area contributed by atoms with Crippen LogP contribution in [0.15, 0.2) is 34.8 Å². The summed E-state index contributed by atoms with van der Waals surface area (Å²) in [4.78, 5) is 0. The van der Waals surface area contributed by atoms with Crippen LogP contribution in [0.25, 0.3) is 17.0 Å². The van der Waals surface area contributed by atoms with Crippen LogP contribution in [-0.2, 0) is 0 Å². The normalized spacial score (nSPS) is 12.7. The number of rotatable bonds is 0. The Morgan fingerprint density at radius 1 is 1.20 bits per heavy atom. The van der Waals surface area contributed by atoms with Crippen molar-refractivity contribution < 1.29 is 4.42 Å². The van der Waals surface area contributed by atoms with Crippen LogP contribution in [0.1, 0.15) is 19.4 Å². The highest BCUT2D eigenvalue weighted by Crippen LogP contribution is 2.32. The molecule has 0 unspecified atom stereocenters. The maximum absolute atomic E-state index is 5.63. The fraction of sp³-hybridized carbons (Fsp3) is 0.231. The van der Waals surface area contributed by atoms with Crippen molar-refractivity contribution in [2.75, 3.05) is 11.9 Å². The van der Waals surface area contributed by atoms with Crippen molar-refractivity contribution in [2.45, 2.75) is 13.8 Å². The predicted molar refractivity (Wildman–Crippen MR) is 65.1 cm³/mol. The Balaban J connectivity index is 0.000000404. The molecule has 1 aliphatic heterocycles. The van der Waals surface area contributed by atoms with E-state index in [-0.39, 0.29) is 0 Å². The Morgan fingerprint density at radius 3 is 2.87 bits per heavy atom. The summed E-state index contributed by atoms with van der Waals surface area (Å²) in [7, 11) is 0. The zero-order valence-corrected chi connectivity index (χ0v) is 9.08. The third-order valence-electron chi connectivity index (χ3n) is 2.30. The molecule has 1 aromatic heterocycles. The van der Waals surface area contributed by atoms with E-state index in [0.29, 0.717) is 0 Å². The Morgan fingerprint density at radius 2 is 2.00 bits per heavy atom. The first kappa shape index (κ1) is 9.84. The van der Waals surface area contributed by atoms with Gasteiger partial charge in [-0.15, -0.1) is 0 Å². The van der Waals surface area contributed by atoms with E-state index >= 15 is 0 Å². The molecule has 15 heavy (non-hydrogen) atoms. The minimum Gasteiger partial charge on any atom is -0.440 e. The summed E-state index contributed by atoms with van der Waals surface area (Å²) >= 11 is 0. The van der Waals surface area contributed by atoms with Gasteiger partial charge in [0.15, 0.2) is 0 Å². The Bertz CT molecular complexity index is 482. The van der Waals surface area contributed by atoms with Gasteiger partial charge in [-0.3, -0.25) is 0 Å². The van der Waals surface area contributed by atoms with Crippen LogP contribution in [0.2, 0.25) is 0 Å². The van der Waals surface area contributed by atoms with Crippen molar-refractivity contribution >= 4 is 22.9 Å². The second-order valence-electron chi connectivity index (χ2n) is 3.12. The molecule has 0 aliphatic carbocycles. The number of nitrogens with one attached hydrogen (secondary N) is 1. The van der Waals surface area contributed by atoms with Gasteiger partial charge in [-0.1, -0.05) is 44.2 Å². The number of benzene rings is 1. The molecule has 0 spiro atoms. The second-order valence-corrected chi connectivity index (χ2v) is 3.12. The van der Waals surface area contributed by atoms with E-state index in [2.05, 4.69) is 23.5 Å². The van der Waals surface area contributed by atoms with Crippen molar-refractivity contribution in [3.05, 3.63) is 35.9 Å². The molecule has 0 atom stereocenters. The highest BCUT2D eigenvalue weighted by Gasteiger charge is 2.12. The number of para-hydroxylation sites is 1. The third kappa shape index (κ3) is 1.63. The van der Waals surface area contributed by atoms with Gasteiger partial charge >= 0.3 is 0 Å². The smallest absolute Gasteiger partial charge is 0.201 e. The molecule has 2 aromatic rings. The summed E-state index contributed by atoms with van der Waals surface area (Å²) in [6.45, 7) is 4.85. The first-order valence-corrected chi connectivity index (χ1v) is 5.37. The first-order valence-electron chi connectivity index (χ1n) is 5.37. The van der Waals surface area contributed by atoms with E-state index in [4.69, 9.17) is 4.42 Å². The summed E-state index contributed by atoms with van der Waals surface area (Å²) in [6, 6.07) is 8.08. The Hall–Kier alpha value is -1.70. The lowest BCUT2D eigenvalue weighted by molar-refractivity contribution is 0.628. The van der Waals surface area contributed by atoms with E-state index in [9.17, 15) is 0 Å². The summed E-state index contributed by atoms with van der Waals surface area (Å²) in [5, 5.41) is 4.38. The summed E-state index contributed by atoms with van der Waals surface area (Å²) in [5.41, 5.74) is 2.12. The van der Waals surface area contributed by atoms with Crippen LogP contribution in [0.5, 0.6) is 0 Å². The SMILES string of the molecule is C1=Cc2c(oc3ccccc23)NC1.CC. The van der Waals surface area contributed by atoms with Gasteiger partial charge in [0.2, 0.25) is 5.88 Å². The van der Waals surface area contributed by atoms with Crippen molar-refractivity contribution in [1.82, 2.24) is 0 Å². The summed E-state index contributed by atoms with van der Waals surface area (Å²) in [6.07, 6.45) is 4.21. The lowest BCUT2D eigenvalue weighted by Gasteiger charge is -2.04. The van der Waals surface area contributed by atoms with Crippen molar-refractivity contribution in [1.29, 1.82) is 0 Å². The molecule has 78 valence electrons. The predicted octanol–water partition coefficient (Wildman–Crippen LogP) is 3.90. The van der Waals surface area contributed by atoms with Crippen LogP contribution in [0.3, 0.4) is 0 Å². The first-order chi connectivity index (χ1) is 7.45. The number of furan rings is 1. The molecule has 1 N–H and O–H groups in total. The number of hydrogen-bond acceptors (Lipinski definition) is 2. The average Bonchev–Trinajstić information content (AvgIpc) is 2.70. The van der Waals surface area contributed by atoms with E-state index in [1.165, 1.54) is 10.9 Å². The van der Waals surface area contributed by atoms with Crippen molar-refractivity contribution in [3.63, 3.8) is 0 Å². The molecule has 2 heteroatoms. The van der Waals surface area contributed by atoms with Gasteiger partial charge in [0.25, 0.3) is 0 Å². The summed E-state index contributed by atoms with van der Waals surface area (Å²) in [5.74, 6) is 0.892. The lowest BCUT2D eigenvalue weighted by atomic mass is 10.1. The Kier molecular flexibility index (Phi) is 2.77. The van der Waals surface area contributed by atoms with Crippen LogP contribution in [0, 0.1) is 0 Å². The van der Waals surface area contributed by atoms with Gasteiger partial charge in [-0.2, -0.15) is 0 Å². The van der Waals surface area contributed by atoms with Crippen molar-refractivity contribution in [3.8, 4) is 0 Å². The quantitative estimate of drug-likeness (QED) is 0.699. The van der Waals surface area contributed by atoms with Crippen LogP contribution >= 0.6 is 0 Å². The zero-order valence-electron chi connectivity index (χ0n) is 9.08. The van der Waals surface area contributed by atoms with Crippen LogP contribution in [-0.4, -0.2) is 6.54 Å². The van der Waals surface area contributed by atoms with Gasteiger partial charge in [-0.05, 0) is 6.07 Å². The van der Waals surface area contributed by atoms with E-state index in [0.717, 1.165) is 18.0 Å². The van der Waals surface area contributed by atoms with Crippen molar-refractivity contribution in [2.24, 2.45) is 0 Å². The van der Waals surface area contributed by atoms with E-state index < -0.39 is 0 Å². The molecule has 2 heterocycles. The maximum atomic E-state index is 5.63. The third-order valence-corrected chi connectivity index (χ3v) is 2.30. The standard InChI is InChI=1S/C11H9NO.C2H6/c1-2-6-10-8(4-1)9-5-3-7-12-11(9)13-10;1-2/h1-6,12H,7H2;1-2H3. The van der Waals surface area contributed by atoms with E-state index in [1.807, 2.05) is 32.0 Å². The molecular weight excluding hydrogens is 186 g/mol. The monoisotopic (exact) mass is 201 g/mol. The molecule has 0 fully saturated rings. The molecule has 2 nitrogen and oxygen atoms in total. The Labute approximate surface area is 89.6 Å². The lowest BCUT2D eigenvalue weighted by Crippen LogP contribution is -2.01. The molecular formula is C13H15NO. The molecule has 1 aromatic carbocycles. The highest BCUT2D eigenvalue weighted by molar-refractivity contribution is 5.93. The minimum atomic E-state index is 0.854. The number of anilines is 1. The van der Waals surface area contributed by atoms with Crippen LogP contribution in [0.4, 0.5) is 5.88 Å². The zero-order chi connectivity index (χ0) is 10.7. The topological polar surface area (TPSA) is 25.2 Å². The molecule has 0 saturated carbocycles. The van der Waals surface area contributed by atoms with Gasteiger partial charge in [0.05, 0.1) is 0 Å². The molecule has 1 aliphatic rings. The minimum absolute atomic E-state index is 0.854. The number of fused-ring (bicyclic) bond motifs is 3. The molecule has 0 saturated heterocycles. The fourth-order valence-electron chi connectivity index (χ4n) is 1.69. The number of hydrogen-bond donors (Lipinski definition) is 1. The second kappa shape index (κ2) is 4.22. The average molecular weight is 201 g/mol. The fourth-order valence-corrected chi connectivity index (χ4v) is 1.69. The van der Waals surface area contributed by atoms with E-state index in [1.54, 1.807) is 0 Å². The van der Waals surface area contributed by atoms with Gasteiger partial charge in [-0.25, -0.2) is 0 Å². The molecule has 0 bridgehead atoms.